The fourth-order valence-electron chi connectivity index (χ4n) is 1.76. The molecule has 1 atom stereocenters. The third-order valence-electron chi connectivity index (χ3n) is 2.80. The number of unbranched alkanes of at least 4 members (excludes halogenated alkanes) is 1. The zero-order valence-corrected chi connectivity index (χ0v) is 9.46. The van der Waals surface area contributed by atoms with Crippen LogP contribution in [0, 0.1) is 0 Å². The van der Waals surface area contributed by atoms with Gasteiger partial charge < -0.3 is 9.64 Å². The number of amides is 1. The highest BCUT2D eigenvalue weighted by Gasteiger charge is 2.33. The fraction of sp³-hybridized carbons (Fsp3) is 0.727. The lowest BCUT2D eigenvalue weighted by molar-refractivity contribution is -0.133. The first-order valence-corrected chi connectivity index (χ1v) is 5.14. The first-order valence-electron chi connectivity index (χ1n) is 5.14. The van der Waals surface area contributed by atoms with Gasteiger partial charge in [-0.2, -0.15) is 0 Å². The Morgan fingerprint density at radius 3 is 2.57 bits per heavy atom. The fourth-order valence-corrected chi connectivity index (χ4v) is 1.76. The van der Waals surface area contributed by atoms with E-state index in [4.69, 9.17) is 4.74 Å². The molecule has 80 valence electrons. The third kappa shape index (κ3) is 1.82. The molecule has 0 unspecified atom stereocenters. The van der Waals surface area contributed by atoms with Gasteiger partial charge in [-0.3, -0.25) is 4.79 Å². The van der Waals surface area contributed by atoms with Crippen LogP contribution in [0.15, 0.2) is 11.1 Å². The molecule has 0 bridgehead atoms. The minimum atomic E-state index is -0.131. The Labute approximate surface area is 85.7 Å². The zero-order valence-electron chi connectivity index (χ0n) is 9.46. The maximum Gasteiger partial charge on any atom is 0.251 e. The average Bonchev–Trinajstić information content (AvgIpc) is 2.39. The number of carbonyl (C=O) groups is 1. The van der Waals surface area contributed by atoms with Gasteiger partial charge in [0, 0.05) is 19.2 Å². The minimum absolute atomic E-state index is 0.128. The summed E-state index contributed by atoms with van der Waals surface area (Å²) < 4.78 is 5.32. The Bertz CT molecular complexity index is 258. The SMILES string of the molecule is CCCCN1C(=O)C(C)=C(C)[C@H]1OC. The van der Waals surface area contributed by atoms with Crippen LogP contribution in [-0.2, 0) is 9.53 Å². The summed E-state index contributed by atoms with van der Waals surface area (Å²) in [6, 6.07) is 0. The molecule has 3 heteroatoms. The van der Waals surface area contributed by atoms with E-state index in [0.29, 0.717) is 0 Å². The van der Waals surface area contributed by atoms with E-state index >= 15 is 0 Å². The zero-order chi connectivity index (χ0) is 10.7. The molecule has 1 aliphatic heterocycles. The number of ether oxygens (including phenoxy) is 1. The van der Waals surface area contributed by atoms with Crippen molar-refractivity contribution in [1.29, 1.82) is 0 Å². The van der Waals surface area contributed by atoms with Crippen LogP contribution in [0.5, 0.6) is 0 Å². The maximum atomic E-state index is 11.8. The number of rotatable bonds is 4. The van der Waals surface area contributed by atoms with Crippen molar-refractivity contribution in [2.24, 2.45) is 0 Å². The lowest BCUT2D eigenvalue weighted by Crippen LogP contribution is -2.37. The molecule has 0 aromatic rings. The number of methoxy groups -OCH3 is 1. The molecule has 0 aliphatic carbocycles. The van der Waals surface area contributed by atoms with Gasteiger partial charge in [0.1, 0.15) is 0 Å². The van der Waals surface area contributed by atoms with Gasteiger partial charge in [-0.25, -0.2) is 0 Å². The van der Waals surface area contributed by atoms with Crippen LogP contribution in [-0.4, -0.2) is 30.7 Å². The Morgan fingerprint density at radius 2 is 2.07 bits per heavy atom. The molecule has 1 amide bonds. The van der Waals surface area contributed by atoms with Crippen LogP contribution in [0.3, 0.4) is 0 Å². The van der Waals surface area contributed by atoms with Crippen molar-refractivity contribution < 1.29 is 9.53 Å². The average molecular weight is 197 g/mol. The largest absolute Gasteiger partial charge is 0.358 e. The molecule has 0 spiro atoms. The summed E-state index contributed by atoms with van der Waals surface area (Å²) >= 11 is 0. The monoisotopic (exact) mass is 197 g/mol. The summed E-state index contributed by atoms with van der Waals surface area (Å²) in [4.78, 5) is 13.6. The molecule has 0 fully saturated rings. The van der Waals surface area contributed by atoms with E-state index in [1.165, 1.54) is 0 Å². The number of carbonyl (C=O) groups excluding carboxylic acids is 1. The molecule has 1 rings (SSSR count). The van der Waals surface area contributed by atoms with Gasteiger partial charge in [-0.1, -0.05) is 13.3 Å². The predicted octanol–water partition coefficient (Wildman–Crippen LogP) is 1.94. The molecule has 0 aromatic carbocycles. The highest BCUT2D eigenvalue weighted by molar-refractivity contribution is 5.96. The molecule has 3 nitrogen and oxygen atoms in total. The molecule has 1 heterocycles. The van der Waals surface area contributed by atoms with Crippen molar-refractivity contribution in [3.8, 4) is 0 Å². The van der Waals surface area contributed by atoms with Crippen molar-refractivity contribution in [2.45, 2.75) is 39.8 Å². The normalized spacial score (nSPS) is 22.4. The summed E-state index contributed by atoms with van der Waals surface area (Å²) in [6.45, 7) is 6.75. The number of hydrogen-bond donors (Lipinski definition) is 0. The minimum Gasteiger partial charge on any atom is -0.358 e. The van der Waals surface area contributed by atoms with Crippen molar-refractivity contribution in [2.75, 3.05) is 13.7 Å². The van der Waals surface area contributed by atoms with Crippen molar-refractivity contribution in [3.05, 3.63) is 11.1 Å². The first-order chi connectivity index (χ1) is 6.63. The van der Waals surface area contributed by atoms with E-state index in [1.807, 2.05) is 18.7 Å². The van der Waals surface area contributed by atoms with Crippen LogP contribution in [0.1, 0.15) is 33.6 Å². The maximum absolute atomic E-state index is 11.8. The quantitative estimate of drug-likeness (QED) is 0.689. The standard InChI is InChI=1S/C11H19NO2/c1-5-6-7-12-10(13)8(2)9(3)11(12)14-4/h11H,5-7H2,1-4H3/t11-/m1/s1. The van der Waals surface area contributed by atoms with Crippen LogP contribution in [0.2, 0.25) is 0 Å². The van der Waals surface area contributed by atoms with Gasteiger partial charge in [0.15, 0.2) is 6.23 Å². The van der Waals surface area contributed by atoms with E-state index in [9.17, 15) is 4.79 Å². The number of hydrogen-bond acceptors (Lipinski definition) is 2. The second kappa shape index (κ2) is 4.60. The third-order valence-corrected chi connectivity index (χ3v) is 2.80. The van der Waals surface area contributed by atoms with E-state index in [0.717, 1.165) is 30.5 Å². The molecule has 1 aliphatic rings. The highest BCUT2D eigenvalue weighted by atomic mass is 16.5. The molecule has 0 saturated heterocycles. The Kier molecular flexibility index (Phi) is 3.69. The number of nitrogens with zero attached hydrogens (tertiary/aromatic N) is 1. The van der Waals surface area contributed by atoms with Crippen LogP contribution >= 0.6 is 0 Å². The summed E-state index contributed by atoms with van der Waals surface area (Å²) in [5.74, 6) is 0.128. The first kappa shape index (κ1) is 11.2. The van der Waals surface area contributed by atoms with Crippen molar-refractivity contribution in [3.63, 3.8) is 0 Å². The smallest absolute Gasteiger partial charge is 0.251 e. The Balaban J connectivity index is 2.74. The molecule has 0 saturated carbocycles. The van der Waals surface area contributed by atoms with E-state index < -0.39 is 0 Å². The van der Waals surface area contributed by atoms with E-state index in [-0.39, 0.29) is 12.1 Å². The van der Waals surface area contributed by atoms with Gasteiger partial charge in [-0.05, 0) is 25.8 Å². The van der Waals surface area contributed by atoms with Crippen LogP contribution < -0.4 is 0 Å². The Hall–Kier alpha value is -0.830. The summed E-state index contributed by atoms with van der Waals surface area (Å²) in [5, 5.41) is 0. The molecule has 0 radical (unpaired) electrons. The molecule has 0 N–H and O–H groups in total. The van der Waals surface area contributed by atoms with Crippen LogP contribution in [0.4, 0.5) is 0 Å². The van der Waals surface area contributed by atoms with Gasteiger partial charge in [0.2, 0.25) is 0 Å². The van der Waals surface area contributed by atoms with Crippen molar-refractivity contribution in [1.82, 2.24) is 4.90 Å². The van der Waals surface area contributed by atoms with Gasteiger partial charge in [0.25, 0.3) is 5.91 Å². The van der Waals surface area contributed by atoms with Gasteiger partial charge >= 0.3 is 0 Å². The lowest BCUT2D eigenvalue weighted by atomic mass is 10.2. The Morgan fingerprint density at radius 1 is 1.43 bits per heavy atom. The summed E-state index contributed by atoms with van der Waals surface area (Å²) in [7, 11) is 1.65. The van der Waals surface area contributed by atoms with Crippen molar-refractivity contribution >= 4 is 5.91 Å². The molecule has 14 heavy (non-hydrogen) atoms. The second-order valence-electron chi connectivity index (χ2n) is 3.75. The molecular weight excluding hydrogens is 178 g/mol. The molecule has 0 aromatic heterocycles. The summed E-state index contributed by atoms with van der Waals surface area (Å²) in [6.07, 6.45) is 2.00. The molecular formula is C11H19NO2. The highest BCUT2D eigenvalue weighted by Crippen LogP contribution is 2.25. The van der Waals surface area contributed by atoms with Gasteiger partial charge in [0.05, 0.1) is 0 Å². The predicted molar refractivity (Wildman–Crippen MR) is 55.8 cm³/mol. The lowest BCUT2D eigenvalue weighted by Gasteiger charge is -2.24. The topological polar surface area (TPSA) is 29.5 Å². The van der Waals surface area contributed by atoms with Gasteiger partial charge in [-0.15, -0.1) is 0 Å². The van der Waals surface area contributed by atoms with E-state index in [1.54, 1.807) is 7.11 Å². The van der Waals surface area contributed by atoms with E-state index in [2.05, 4.69) is 6.92 Å². The second-order valence-corrected chi connectivity index (χ2v) is 3.75. The summed E-state index contributed by atoms with van der Waals surface area (Å²) in [5.41, 5.74) is 1.89. The van der Waals surface area contributed by atoms with Crippen LogP contribution in [0.25, 0.3) is 0 Å².